The van der Waals surface area contributed by atoms with E-state index in [1.807, 2.05) is 46.6 Å². The lowest BCUT2D eigenvalue weighted by Gasteiger charge is -2.18. The van der Waals surface area contributed by atoms with E-state index < -0.39 is 0 Å². The Labute approximate surface area is 151 Å². The molecule has 3 aromatic rings. The highest BCUT2D eigenvalue weighted by Gasteiger charge is 2.17. The van der Waals surface area contributed by atoms with Gasteiger partial charge in [0.1, 0.15) is 12.4 Å². The smallest absolute Gasteiger partial charge is 0.199 e. The van der Waals surface area contributed by atoms with Gasteiger partial charge in [-0.25, -0.2) is 4.68 Å². The first-order chi connectivity index (χ1) is 12.2. The van der Waals surface area contributed by atoms with Crippen molar-refractivity contribution >= 4 is 12.2 Å². The van der Waals surface area contributed by atoms with Crippen LogP contribution in [0.1, 0.15) is 5.56 Å². The van der Waals surface area contributed by atoms with Crippen LogP contribution in [0.3, 0.4) is 0 Å². The summed E-state index contributed by atoms with van der Waals surface area (Å²) in [7, 11) is 1.95. The van der Waals surface area contributed by atoms with Gasteiger partial charge in [-0.05, 0) is 30.4 Å². The Hall–Kier alpha value is -2.51. The van der Waals surface area contributed by atoms with E-state index in [4.69, 9.17) is 22.1 Å². The molecule has 128 valence electrons. The lowest BCUT2D eigenvalue weighted by molar-refractivity contribution is 0.177. The molecule has 0 saturated carbocycles. The number of aromatic nitrogens is 4. The molecule has 1 aliphatic rings. The van der Waals surface area contributed by atoms with Crippen LogP contribution in [0.2, 0.25) is 0 Å². The van der Waals surface area contributed by atoms with Crippen LogP contribution in [0.4, 0.5) is 0 Å². The maximum Gasteiger partial charge on any atom is 0.199 e. The van der Waals surface area contributed by atoms with Gasteiger partial charge in [0.2, 0.25) is 0 Å². The van der Waals surface area contributed by atoms with Crippen molar-refractivity contribution in [3.8, 4) is 17.1 Å². The Balaban J connectivity index is 1.60. The highest BCUT2D eigenvalue weighted by Crippen LogP contribution is 2.23. The molecule has 0 aliphatic carbocycles. The van der Waals surface area contributed by atoms with Gasteiger partial charge in [0.25, 0.3) is 0 Å². The van der Waals surface area contributed by atoms with Gasteiger partial charge in [-0.1, -0.05) is 18.2 Å². The lowest BCUT2D eigenvalue weighted by Crippen LogP contribution is -2.29. The number of hydrogen-bond acceptors (Lipinski definition) is 5. The van der Waals surface area contributed by atoms with E-state index in [1.54, 1.807) is 12.4 Å². The van der Waals surface area contributed by atoms with Crippen LogP contribution in [0.5, 0.6) is 5.75 Å². The van der Waals surface area contributed by atoms with E-state index in [1.165, 1.54) is 5.56 Å². The minimum absolute atomic E-state index is 0.634. The molecule has 0 fully saturated rings. The number of nitrogens with zero attached hydrogens (tertiary/aromatic N) is 5. The second-order valence-electron chi connectivity index (χ2n) is 6.05. The van der Waals surface area contributed by atoms with Gasteiger partial charge in [-0.3, -0.25) is 9.88 Å². The number of rotatable bonds is 3. The molecule has 0 spiro atoms. The molecule has 1 aliphatic heterocycles. The third-order valence-electron chi connectivity index (χ3n) is 4.34. The second kappa shape index (κ2) is 6.78. The molecule has 2 aromatic heterocycles. The molecular formula is C18H19N5OS. The number of fused-ring (bicyclic) bond motifs is 1. The molecule has 0 atom stereocenters. The van der Waals surface area contributed by atoms with Gasteiger partial charge in [-0.15, -0.1) is 0 Å². The fourth-order valence-electron chi connectivity index (χ4n) is 3.02. The van der Waals surface area contributed by atoms with Crippen LogP contribution < -0.4 is 4.74 Å². The Kier molecular flexibility index (Phi) is 4.33. The molecule has 0 radical (unpaired) electrons. The standard InChI is InChI=1S/C18H19N5OS/c1-21-17(14-6-8-19-9-7-14)20-23(18(21)25)13-22-10-11-24-16-5-3-2-4-15(16)12-22/h2-9H,10-13H2,1H3. The molecule has 0 unspecified atom stereocenters. The van der Waals surface area contributed by atoms with Crippen LogP contribution >= 0.6 is 12.2 Å². The van der Waals surface area contributed by atoms with Crippen LogP contribution in [0, 0.1) is 4.77 Å². The molecule has 3 heterocycles. The summed E-state index contributed by atoms with van der Waals surface area (Å²) < 4.78 is 10.3. The average Bonchev–Trinajstić information content (AvgIpc) is 2.82. The molecule has 0 amide bonds. The number of para-hydroxylation sites is 1. The van der Waals surface area contributed by atoms with Crippen LogP contribution in [0.15, 0.2) is 48.8 Å². The topological polar surface area (TPSA) is 48.1 Å². The zero-order valence-corrected chi connectivity index (χ0v) is 14.8. The van der Waals surface area contributed by atoms with Crippen molar-refractivity contribution in [2.75, 3.05) is 13.2 Å². The highest BCUT2D eigenvalue weighted by atomic mass is 32.1. The SMILES string of the molecule is Cn1c(-c2ccncc2)nn(CN2CCOc3ccccc3C2)c1=S. The monoisotopic (exact) mass is 353 g/mol. The van der Waals surface area contributed by atoms with Gasteiger partial charge in [0.05, 0.1) is 6.67 Å². The number of hydrogen-bond donors (Lipinski definition) is 0. The van der Waals surface area contributed by atoms with E-state index in [2.05, 4.69) is 16.0 Å². The Morgan fingerprint density at radius 1 is 1.16 bits per heavy atom. The van der Waals surface area contributed by atoms with Crippen molar-refractivity contribution in [3.63, 3.8) is 0 Å². The summed E-state index contributed by atoms with van der Waals surface area (Å²) in [5.74, 6) is 1.81. The minimum Gasteiger partial charge on any atom is -0.492 e. The zero-order chi connectivity index (χ0) is 17.2. The Morgan fingerprint density at radius 3 is 2.80 bits per heavy atom. The van der Waals surface area contributed by atoms with E-state index in [-0.39, 0.29) is 0 Å². The van der Waals surface area contributed by atoms with Crippen molar-refractivity contribution < 1.29 is 4.74 Å². The van der Waals surface area contributed by atoms with Crippen LogP contribution in [-0.4, -0.2) is 37.4 Å². The van der Waals surface area contributed by atoms with Crippen molar-refractivity contribution in [1.29, 1.82) is 0 Å². The van der Waals surface area contributed by atoms with Gasteiger partial charge >= 0.3 is 0 Å². The van der Waals surface area contributed by atoms with Gasteiger partial charge in [0.15, 0.2) is 10.6 Å². The number of benzene rings is 1. The first kappa shape index (κ1) is 16.0. The molecule has 0 saturated heterocycles. The summed E-state index contributed by atoms with van der Waals surface area (Å²) in [6, 6.07) is 12.1. The highest BCUT2D eigenvalue weighted by molar-refractivity contribution is 7.71. The Bertz CT molecular complexity index is 934. The molecule has 25 heavy (non-hydrogen) atoms. The summed E-state index contributed by atoms with van der Waals surface area (Å²) in [6.07, 6.45) is 3.53. The van der Waals surface area contributed by atoms with E-state index in [0.29, 0.717) is 18.0 Å². The molecule has 7 heteroatoms. The van der Waals surface area contributed by atoms with Crippen molar-refractivity contribution in [2.24, 2.45) is 7.05 Å². The normalized spacial score (nSPS) is 14.6. The molecule has 1 aromatic carbocycles. The van der Waals surface area contributed by atoms with Crippen molar-refractivity contribution in [1.82, 2.24) is 24.2 Å². The molecule has 0 N–H and O–H groups in total. The summed E-state index contributed by atoms with van der Waals surface area (Å²) in [5.41, 5.74) is 2.20. The maximum absolute atomic E-state index is 5.84. The molecule has 6 nitrogen and oxygen atoms in total. The summed E-state index contributed by atoms with van der Waals surface area (Å²) in [6.45, 7) is 2.95. The van der Waals surface area contributed by atoms with E-state index in [9.17, 15) is 0 Å². The molecular weight excluding hydrogens is 334 g/mol. The first-order valence-corrected chi connectivity index (χ1v) is 8.60. The van der Waals surface area contributed by atoms with Gasteiger partial charge < -0.3 is 9.30 Å². The Morgan fingerprint density at radius 2 is 1.96 bits per heavy atom. The third-order valence-corrected chi connectivity index (χ3v) is 4.83. The molecule has 4 rings (SSSR count). The summed E-state index contributed by atoms with van der Waals surface area (Å²) >= 11 is 5.58. The fraction of sp³-hybridized carbons (Fsp3) is 0.278. The van der Waals surface area contributed by atoms with Crippen LogP contribution in [-0.2, 0) is 20.3 Å². The fourth-order valence-corrected chi connectivity index (χ4v) is 3.21. The summed E-state index contributed by atoms with van der Waals surface area (Å²) in [4.78, 5) is 6.36. The largest absolute Gasteiger partial charge is 0.492 e. The zero-order valence-electron chi connectivity index (χ0n) is 14.0. The van der Waals surface area contributed by atoms with Gasteiger partial charge in [0, 0.05) is 43.7 Å². The third kappa shape index (κ3) is 3.20. The van der Waals surface area contributed by atoms with E-state index >= 15 is 0 Å². The maximum atomic E-state index is 5.84. The predicted octanol–water partition coefficient (Wildman–Crippen LogP) is 2.87. The van der Waals surface area contributed by atoms with E-state index in [0.717, 1.165) is 30.2 Å². The summed E-state index contributed by atoms with van der Waals surface area (Å²) in [5, 5.41) is 4.73. The van der Waals surface area contributed by atoms with Crippen molar-refractivity contribution in [2.45, 2.75) is 13.2 Å². The number of ether oxygens (including phenoxy) is 1. The lowest BCUT2D eigenvalue weighted by atomic mass is 10.2. The second-order valence-corrected chi connectivity index (χ2v) is 6.42. The van der Waals surface area contributed by atoms with Gasteiger partial charge in [-0.2, -0.15) is 5.10 Å². The first-order valence-electron chi connectivity index (χ1n) is 8.19. The quantitative estimate of drug-likeness (QED) is 0.678. The van der Waals surface area contributed by atoms with Crippen molar-refractivity contribution in [3.05, 3.63) is 59.1 Å². The minimum atomic E-state index is 0.634. The van der Waals surface area contributed by atoms with Crippen LogP contribution in [0.25, 0.3) is 11.4 Å². The average molecular weight is 353 g/mol. The number of pyridine rings is 1. The molecule has 0 bridgehead atoms. The predicted molar refractivity (Wildman–Crippen MR) is 97.6 cm³/mol.